The Bertz CT molecular complexity index is 330. The number of rotatable bonds is 7. The van der Waals surface area contributed by atoms with Crippen molar-refractivity contribution in [1.82, 2.24) is 4.90 Å². The third-order valence-corrected chi connectivity index (χ3v) is 3.17. The molecule has 96 valence electrons. The summed E-state index contributed by atoms with van der Waals surface area (Å²) in [6.07, 6.45) is 0. The lowest BCUT2D eigenvalue weighted by atomic mass is 10.1. The maximum absolute atomic E-state index is 9.04. The highest BCUT2D eigenvalue weighted by Crippen LogP contribution is 2.22. The van der Waals surface area contributed by atoms with Crippen LogP contribution < -0.4 is 5.73 Å². The predicted molar refractivity (Wildman–Crippen MR) is 71.7 cm³/mol. The Kier molecular flexibility index (Phi) is 6.69. The fourth-order valence-corrected chi connectivity index (χ4v) is 2.31. The van der Waals surface area contributed by atoms with Gasteiger partial charge in [0.15, 0.2) is 0 Å². The van der Waals surface area contributed by atoms with Gasteiger partial charge in [-0.3, -0.25) is 4.90 Å². The first kappa shape index (κ1) is 14.6. The van der Waals surface area contributed by atoms with Gasteiger partial charge in [0.2, 0.25) is 0 Å². The summed E-state index contributed by atoms with van der Waals surface area (Å²) in [6, 6.07) is 7.95. The molecule has 0 radical (unpaired) electrons. The molecule has 5 heteroatoms. The summed E-state index contributed by atoms with van der Waals surface area (Å²) in [6.45, 7) is 1.59. The summed E-state index contributed by atoms with van der Waals surface area (Å²) in [4.78, 5) is 1.99. The minimum absolute atomic E-state index is 0.0202. The molecule has 1 aromatic carbocycles. The highest BCUT2D eigenvalue weighted by molar-refractivity contribution is 9.10. The molecule has 1 unspecified atom stereocenters. The number of nitrogens with two attached hydrogens (primary N) is 1. The van der Waals surface area contributed by atoms with Crippen LogP contribution >= 0.6 is 15.9 Å². The van der Waals surface area contributed by atoms with Crippen molar-refractivity contribution in [2.75, 3.05) is 32.8 Å². The summed E-state index contributed by atoms with van der Waals surface area (Å²) in [5, 5.41) is 18.1. The van der Waals surface area contributed by atoms with Gasteiger partial charge in [0.25, 0.3) is 0 Å². The zero-order valence-electron chi connectivity index (χ0n) is 9.72. The average molecular weight is 303 g/mol. The third kappa shape index (κ3) is 4.37. The topological polar surface area (TPSA) is 69.7 Å². The molecule has 0 fully saturated rings. The van der Waals surface area contributed by atoms with Crippen molar-refractivity contribution >= 4 is 15.9 Å². The highest BCUT2D eigenvalue weighted by Gasteiger charge is 2.18. The van der Waals surface area contributed by atoms with E-state index in [2.05, 4.69) is 15.9 Å². The molecule has 0 aromatic heterocycles. The van der Waals surface area contributed by atoms with E-state index in [1.165, 1.54) is 0 Å². The van der Waals surface area contributed by atoms with Crippen molar-refractivity contribution < 1.29 is 10.2 Å². The highest BCUT2D eigenvalue weighted by atomic mass is 79.9. The van der Waals surface area contributed by atoms with Crippen LogP contribution in [-0.2, 0) is 0 Å². The van der Waals surface area contributed by atoms with Crippen molar-refractivity contribution in [3.8, 4) is 0 Å². The lowest BCUT2D eigenvalue weighted by Crippen LogP contribution is -2.37. The molecular weight excluding hydrogens is 284 g/mol. The Balaban J connectivity index is 2.87. The number of hydrogen-bond acceptors (Lipinski definition) is 4. The van der Waals surface area contributed by atoms with Crippen LogP contribution in [0.2, 0.25) is 0 Å². The van der Waals surface area contributed by atoms with Crippen LogP contribution in [0, 0.1) is 0 Å². The number of nitrogens with zero attached hydrogens (tertiary/aromatic N) is 1. The second kappa shape index (κ2) is 7.79. The van der Waals surface area contributed by atoms with Gasteiger partial charge in [-0.05, 0) is 17.7 Å². The van der Waals surface area contributed by atoms with Crippen LogP contribution in [0.1, 0.15) is 11.6 Å². The molecule has 0 saturated heterocycles. The molecule has 0 aliphatic rings. The molecule has 17 heavy (non-hydrogen) atoms. The fourth-order valence-electron chi connectivity index (χ4n) is 1.89. The molecule has 0 heterocycles. The largest absolute Gasteiger partial charge is 0.395 e. The van der Waals surface area contributed by atoms with Crippen LogP contribution in [0.25, 0.3) is 0 Å². The Morgan fingerprint density at radius 3 is 2.35 bits per heavy atom. The second-order valence-electron chi connectivity index (χ2n) is 3.79. The maximum atomic E-state index is 9.04. The van der Waals surface area contributed by atoms with Crippen LogP contribution in [-0.4, -0.2) is 48.0 Å². The number of aliphatic hydroxyl groups is 2. The smallest absolute Gasteiger partial charge is 0.0558 e. The summed E-state index contributed by atoms with van der Waals surface area (Å²) in [7, 11) is 0. The zero-order chi connectivity index (χ0) is 12.7. The minimum atomic E-state index is 0.0202. The number of aliphatic hydroxyl groups excluding tert-OH is 2. The van der Waals surface area contributed by atoms with Crippen LogP contribution in [0.5, 0.6) is 0 Å². The van der Waals surface area contributed by atoms with E-state index in [1.807, 2.05) is 29.2 Å². The monoisotopic (exact) mass is 302 g/mol. The molecule has 1 atom stereocenters. The third-order valence-electron chi connectivity index (χ3n) is 2.67. The van der Waals surface area contributed by atoms with Gasteiger partial charge >= 0.3 is 0 Å². The van der Waals surface area contributed by atoms with Crippen LogP contribution in [0.15, 0.2) is 28.7 Å². The zero-order valence-corrected chi connectivity index (χ0v) is 11.3. The second-order valence-corrected chi connectivity index (χ2v) is 4.71. The van der Waals surface area contributed by atoms with E-state index in [4.69, 9.17) is 15.9 Å². The Hall–Kier alpha value is -0.460. The van der Waals surface area contributed by atoms with Gasteiger partial charge in [-0.2, -0.15) is 0 Å². The molecule has 1 aromatic rings. The summed E-state index contributed by atoms with van der Waals surface area (Å²) in [5.41, 5.74) is 6.88. The molecule has 0 aliphatic carbocycles. The lowest BCUT2D eigenvalue weighted by molar-refractivity contribution is 0.124. The first-order valence-corrected chi connectivity index (χ1v) is 6.43. The van der Waals surface area contributed by atoms with Crippen molar-refractivity contribution in [1.29, 1.82) is 0 Å². The fraction of sp³-hybridized carbons (Fsp3) is 0.500. The predicted octanol–water partition coefficient (Wildman–Crippen LogP) is 0.736. The molecule has 0 aliphatic heterocycles. The average Bonchev–Trinajstić information content (AvgIpc) is 2.31. The minimum Gasteiger partial charge on any atom is -0.395 e. The molecule has 1 rings (SSSR count). The number of halogens is 1. The van der Waals surface area contributed by atoms with Crippen LogP contribution in [0.4, 0.5) is 0 Å². The van der Waals surface area contributed by atoms with E-state index in [-0.39, 0.29) is 19.3 Å². The quantitative estimate of drug-likeness (QED) is 0.695. The van der Waals surface area contributed by atoms with E-state index in [0.29, 0.717) is 19.6 Å². The Morgan fingerprint density at radius 2 is 1.88 bits per heavy atom. The van der Waals surface area contributed by atoms with Gasteiger partial charge < -0.3 is 15.9 Å². The lowest BCUT2D eigenvalue weighted by Gasteiger charge is -2.30. The molecule has 4 nitrogen and oxygen atoms in total. The Labute approximate surface area is 110 Å². The van der Waals surface area contributed by atoms with Crippen molar-refractivity contribution in [3.63, 3.8) is 0 Å². The summed E-state index contributed by atoms with van der Waals surface area (Å²) >= 11 is 3.43. The molecule has 0 bridgehead atoms. The molecular formula is C12H19BrN2O2. The summed E-state index contributed by atoms with van der Waals surface area (Å²) in [5.74, 6) is 0. The first-order valence-electron chi connectivity index (χ1n) is 5.64. The normalized spacial score (nSPS) is 13.0. The summed E-state index contributed by atoms with van der Waals surface area (Å²) < 4.78 is 1.00. The first-order chi connectivity index (χ1) is 8.22. The van der Waals surface area contributed by atoms with E-state index < -0.39 is 0 Å². The molecule has 4 N–H and O–H groups in total. The van der Waals surface area contributed by atoms with E-state index in [1.54, 1.807) is 0 Å². The van der Waals surface area contributed by atoms with Gasteiger partial charge in [-0.25, -0.2) is 0 Å². The van der Waals surface area contributed by atoms with E-state index in [9.17, 15) is 0 Å². The standard InChI is InChI=1S/C12H19BrN2O2/c13-11-3-1-2-10(8-11)12(9-14)15(4-6-16)5-7-17/h1-3,8,12,16-17H,4-7,9,14H2. The van der Waals surface area contributed by atoms with Crippen molar-refractivity contribution in [3.05, 3.63) is 34.3 Å². The van der Waals surface area contributed by atoms with Gasteiger partial charge in [0, 0.05) is 30.1 Å². The maximum Gasteiger partial charge on any atom is 0.0558 e. The number of hydrogen-bond donors (Lipinski definition) is 3. The van der Waals surface area contributed by atoms with Crippen molar-refractivity contribution in [2.45, 2.75) is 6.04 Å². The number of benzene rings is 1. The van der Waals surface area contributed by atoms with Crippen molar-refractivity contribution in [2.24, 2.45) is 5.73 Å². The van der Waals surface area contributed by atoms with E-state index in [0.717, 1.165) is 10.0 Å². The van der Waals surface area contributed by atoms with Gasteiger partial charge in [-0.1, -0.05) is 28.1 Å². The van der Waals surface area contributed by atoms with Gasteiger partial charge in [0.1, 0.15) is 0 Å². The SMILES string of the molecule is NCC(c1cccc(Br)c1)N(CCO)CCO. The molecule has 0 amide bonds. The molecule has 0 spiro atoms. The van der Waals surface area contributed by atoms with Crippen LogP contribution in [0.3, 0.4) is 0 Å². The van der Waals surface area contributed by atoms with Gasteiger partial charge in [-0.15, -0.1) is 0 Å². The van der Waals surface area contributed by atoms with Gasteiger partial charge in [0.05, 0.1) is 13.2 Å². The Morgan fingerprint density at radius 1 is 1.24 bits per heavy atom. The van der Waals surface area contributed by atoms with E-state index >= 15 is 0 Å². The molecule has 0 saturated carbocycles.